The minimum absolute atomic E-state index is 0.803. The highest BCUT2D eigenvalue weighted by atomic mass is 32.1. The summed E-state index contributed by atoms with van der Waals surface area (Å²) in [5.41, 5.74) is 9.89. The highest BCUT2D eigenvalue weighted by molar-refractivity contribution is 7.08. The van der Waals surface area contributed by atoms with Crippen molar-refractivity contribution in [2.45, 2.75) is 25.8 Å². The van der Waals surface area contributed by atoms with E-state index in [4.69, 9.17) is 4.98 Å². The van der Waals surface area contributed by atoms with E-state index in [1.807, 2.05) is 36.9 Å². The number of thiophene rings is 1. The number of nitrogens with zero attached hydrogens (tertiary/aromatic N) is 5. The highest BCUT2D eigenvalue weighted by Gasteiger charge is 2.16. The second-order valence-electron chi connectivity index (χ2n) is 9.43. The van der Waals surface area contributed by atoms with E-state index in [0.717, 1.165) is 56.7 Å². The molecule has 36 heavy (non-hydrogen) atoms. The van der Waals surface area contributed by atoms with E-state index in [2.05, 4.69) is 59.0 Å². The number of fused-ring (bicyclic) bond motifs is 2. The Hall–Kier alpha value is -3.88. The van der Waals surface area contributed by atoms with Gasteiger partial charge in [-0.3, -0.25) is 20.0 Å². The molecule has 0 aromatic carbocycles. The van der Waals surface area contributed by atoms with Gasteiger partial charge in [0.05, 0.1) is 28.6 Å². The quantitative estimate of drug-likeness (QED) is 0.296. The van der Waals surface area contributed by atoms with Gasteiger partial charge in [0.1, 0.15) is 11.2 Å². The summed E-state index contributed by atoms with van der Waals surface area (Å²) in [4.78, 5) is 20.0. The molecule has 2 N–H and O–H groups in total. The van der Waals surface area contributed by atoms with E-state index in [-0.39, 0.29) is 0 Å². The molecule has 0 aliphatic carbocycles. The Bertz CT molecular complexity index is 1660. The summed E-state index contributed by atoms with van der Waals surface area (Å²) >= 11 is 1.69. The van der Waals surface area contributed by atoms with Crippen LogP contribution in [0.25, 0.3) is 55.7 Å². The van der Waals surface area contributed by atoms with E-state index < -0.39 is 0 Å². The van der Waals surface area contributed by atoms with Crippen molar-refractivity contribution < 1.29 is 0 Å². The van der Waals surface area contributed by atoms with Crippen molar-refractivity contribution in [1.82, 2.24) is 35.0 Å². The Morgan fingerprint density at radius 1 is 0.889 bits per heavy atom. The number of pyridine rings is 3. The first-order chi connectivity index (χ1) is 17.8. The first-order valence-electron chi connectivity index (χ1n) is 12.3. The van der Waals surface area contributed by atoms with Crippen LogP contribution >= 0.6 is 11.3 Å². The molecule has 0 spiro atoms. The SMILES string of the molecule is c1cc(-c2cncc3[nH]c(-c4n[nH]c5ccc(-c6cncc(CN7CCCCC7)c6)nc45)cc23)cs1. The van der Waals surface area contributed by atoms with Gasteiger partial charge in [0, 0.05) is 41.6 Å². The molecule has 7 rings (SSSR count). The van der Waals surface area contributed by atoms with Crippen LogP contribution in [0.4, 0.5) is 0 Å². The first kappa shape index (κ1) is 21.4. The third-order valence-corrected chi connectivity index (χ3v) is 7.67. The zero-order valence-corrected chi connectivity index (χ0v) is 20.6. The largest absolute Gasteiger partial charge is 0.352 e. The molecule has 6 aromatic heterocycles. The van der Waals surface area contributed by atoms with Gasteiger partial charge in [-0.25, -0.2) is 4.98 Å². The smallest absolute Gasteiger partial charge is 0.135 e. The minimum atomic E-state index is 0.803. The van der Waals surface area contributed by atoms with Crippen LogP contribution in [0.1, 0.15) is 24.8 Å². The van der Waals surface area contributed by atoms with E-state index in [0.29, 0.717) is 0 Å². The number of H-pyrrole nitrogens is 2. The van der Waals surface area contributed by atoms with Gasteiger partial charge in [-0.2, -0.15) is 16.4 Å². The molecule has 0 bridgehead atoms. The van der Waals surface area contributed by atoms with Gasteiger partial charge in [0.15, 0.2) is 0 Å². The van der Waals surface area contributed by atoms with Gasteiger partial charge in [0.2, 0.25) is 0 Å². The van der Waals surface area contributed by atoms with Crippen molar-refractivity contribution >= 4 is 33.3 Å². The summed E-state index contributed by atoms with van der Waals surface area (Å²) in [7, 11) is 0. The number of likely N-dealkylation sites (tertiary alicyclic amines) is 1. The number of aromatic amines is 2. The Balaban J connectivity index is 1.26. The number of nitrogens with one attached hydrogen (secondary N) is 2. The molecule has 178 valence electrons. The van der Waals surface area contributed by atoms with Crippen LogP contribution in [0.2, 0.25) is 0 Å². The van der Waals surface area contributed by atoms with Crippen molar-refractivity contribution in [3.8, 4) is 33.8 Å². The van der Waals surface area contributed by atoms with Gasteiger partial charge >= 0.3 is 0 Å². The third kappa shape index (κ3) is 3.88. The van der Waals surface area contributed by atoms with Gasteiger partial charge in [-0.05, 0) is 78.2 Å². The fourth-order valence-electron chi connectivity index (χ4n) is 5.16. The Morgan fingerprint density at radius 2 is 1.81 bits per heavy atom. The molecule has 0 unspecified atom stereocenters. The summed E-state index contributed by atoms with van der Waals surface area (Å²) in [5.74, 6) is 0. The number of rotatable bonds is 5. The van der Waals surface area contributed by atoms with E-state index in [1.54, 1.807) is 11.3 Å². The monoisotopic (exact) mass is 491 g/mol. The fourth-order valence-corrected chi connectivity index (χ4v) is 5.82. The predicted molar refractivity (Wildman–Crippen MR) is 145 cm³/mol. The van der Waals surface area contributed by atoms with Crippen LogP contribution in [-0.2, 0) is 6.54 Å². The average molecular weight is 492 g/mol. The third-order valence-electron chi connectivity index (χ3n) is 6.99. The van der Waals surface area contributed by atoms with E-state index in [9.17, 15) is 0 Å². The molecule has 6 aromatic rings. The molecule has 8 heteroatoms. The summed E-state index contributed by atoms with van der Waals surface area (Å²) in [6, 6.07) is 10.6. The van der Waals surface area contributed by atoms with Crippen LogP contribution < -0.4 is 0 Å². The minimum Gasteiger partial charge on any atom is -0.352 e. The summed E-state index contributed by atoms with van der Waals surface area (Å²) in [6.45, 7) is 3.28. The average Bonchev–Trinajstić information content (AvgIpc) is 3.68. The van der Waals surface area contributed by atoms with Crippen molar-refractivity contribution in [3.05, 3.63) is 71.4 Å². The van der Waals surface area contributed by atoms with Crippen molar-refractivity contribution in [2.24, 2.45) is 0 Å². The standard InChI is InChI=1S/C28H25N7S/c1-2-7-35(8-3-1)16-18-10-20(13-29-12-18)23-4-5-24-27(32-23)28(34-33-24)25-11-21-22(19-6-9-36-17-19)14-30-15-26(21)31-25/h4-6,9-15,17,31H,1-3,7-8,16H2,(H,33,34). The van der Waals surface area contributed by atoms with Gasteiger partial charge in [-0.15, -0.1) is 0 Å². The van der Waals surface area contributed by atoms with E-state index in [1.165, 1.54) is 43.5 Å². The lowest BCUT2D eigenvalue weighted by Crippen LogP contribution is -2.29. The second kappa shape index (κ2) is 8.96. The zero-order valence-electron chi connectivity index (χ0n) is 19.7. The summed E-state index contributed by atoms with van der Waals surface area (Å²) in [6.07, 6.45) is 11.6. The lowest BCUT2D eigenvalue weighted by Gasteiger charge is -2.26. The maximum Gasteiger partial charge on any atom is 0.135 e. The van der Waals surface area contributed by atoms with Crippen LogP contribution in [0.5, 0.6) is 0 Å². The molecular formula is C28H25N7S. The van der Waals surface area contributed by atoms with Crippen molar-refractivity contribution in [1.29, 1.82) is 0 Å². The normalized spacial score (nSPS) is 14.7. The van der Waals surface area contributed by atoms with Gasteiger partial charge < -0.3 is 4.98 Å². The molecule has 7 nitrogen and oxygen atoms in total. The Morgan fingerprint density at radius 3 is 2.69 bits per heavy atom. The van der Waals surface area contributed by atoms with Gasteiger partial charge in [0.25, 0.3) is 0 Å². The fraction of sp³-hybridized carbons (Fsp3) is 0.214. The van der Waals surface area contributed by atoms with Crippen LogP contribution in [0.3, 0.4) is 0 Å². The molecule has 1 aliphatic heterocycles. The molecule has 1 fully saturated rings. The second-order valence-corrected chi connectivity index (χ2v) is 10.2. The van der Waals surface area contributed by atoms with E-state index >= 15 is 0 Å². The molecule has 1 saturated heterocycles. The maximum atomic E-state index is 5.03. The predicted octanol–water partition coefficient (Wildman–Crippen LogP) is 6.28. The Labute approximate surface area is 212 Å². The van der Waals surface area contributed by atoms with Crippen LogP contribution in [0.15, 0.2) is 65.9 Å². The molecule has 0 atom stereocenters. The first-order valence-corrected chi connectivity index (χ1v) is 13.3. The topological polar surface area (TPSA) is 86.4 Å². The zero-order chi connectivity index (χ0) is 23.9. The Kier molecular flexibility index (Phi) is 5.33. The summed E-state index contributed by atoms with van der Waals surface area (Å²) < 4.78 is 0. The number of aromatic nitrogens is 6. The molecule has 0 radical (unpaired) electrons. The molecule has 0 amide bonds. The number of hydrogen-bond acceptors (Lipinski definition) is 6. The lowest BCUT2D eigenvalue weighted by atomic mass is 10.1. The number of piperidine rings is 1. The lowest BCUT2D eigenvalue weighted by molar-refractivity contribution is 0.220. The van der Waals surface area contributed by atoms with Gasteiger partial charge in [-0.1, -0.05) is 6.42 Å². The van der Waals surface area contributed by atoms with Crippen molar-refractivity contribution in [3.63, 3.8) is 0 Å². The number of hydrogen-bond donors (Lipinski definition) is 2. The molecular weight excluding hydrogens is 466 g/mol. The molecule has 7 heterocycles. The highest BCUT2D eigenvalue weighted by Crippen LogP contribution is 2.34. The molecule has 0 saturated carbocycles. The van der Waals surface area contributed by atoms with Crippen LogP contribution in [0, 0.1) is 0 Å². The summed E-state index contributed by atoms with van der Waals surface area (Å²) in [5, 5.41) is 13.1. The maximum absolute atomic E-state index is 5.03. The van der Waals surface area contributed by atoms with Crippen LogP contribution in [-0.4, -0.2) is 48.1 Å². The van der Waals surface area contributed by atoms with Crippen molar-refractivity contribution in [2.75, 3.05) is 13.1 Å². The molecule has 1 aliphatic rings.